The molecular weight excluding hydrogens is 156 g/mol. The zero-order chi connectivity index (χ0) is 8.39. The molecule has 1 N–H and O–H groups in total. The lowest BCUT2D eigenvalue weighted by Crippen LogP contribution is -2.34. The monoisotopic (exact) mass is 172 g/mol. The van der Waals surface area contributed by atoms with Crippen molar-refractivity contribution in [2.75, 3.05) is 19.8 Å². The van der Waals surface area contributed by atoms with Crippen LogP contribution in [0.1, 0.15) is 19.3 Å². The molecule has 12 heavy (non-hydrogen) atoms. The van der Waals surface area contributed by atoms with E-state index in [1.54, 1.807) is 0 Å². The Morgan fingerprint density at radius 3 is 2.75 bits per heavy atom. The third-order valence-corrected chi connectivity index (χ3v) is 2.78. The van der Waals surface area contributed by atoms with Crippen molar-refractivity contribution >= 4 is 0 Å². The molecule has 0 aromatic carbocycles. The minimum Gasteiger partial charge on any atom is -0.393 e. The maximum Gasteiger partial charge on any atom is 0.0650 e. The zero-order valence-electron chi connectivity index (χ0n) is 7.24. The van der Waals surface area contributed by atoms with E-state index in [9.17, 15) is 5.11 Å². The van der Waals surface area contributed by atoms with Gasteiger partial charge >= 0.3 is 0 Å². The summed E-state index contributed by atoms with van der Waals surface area (Å²) in [6.45, 7) is 2.39. The minimum absolute atomic E-state index is 0.149. The Hall–Kier alpha value is -0.120. The van der Waals surface area contributed by atoms with Crippen molar-refractivity contribution in [3.8, 4) is 0 Å². The molecule has 2 rings (SSSR count). The van der Waals surface area contributed by atoms with Crippen LogP contribution >= 0.6 is 0 Å². The summed E-state index contributed by atoms with van der Waals surface area (Å²) in [5, 5.41) is 9.42. The van der Waals surface area contributed by atoms with Gasteiger partial charge in [0.05, 0.1) is 18.8 Å². The van der Waals surface area contributed by atoms with Crippen LogP contribution in [-0.4, -0.2) is 37.1 Å². The normalized spacial score (nSPS) is 43.2. The molecule has 0 radical (unpaired) electrons. The number of hydrogen-bond acceptors (Lipinski definition) is 3. The second-order valence-corrected chi connectivity index (χ2v) is 3.71. The minimum atomic E-state index is -0.149. The summed E-state index contributed by atoms with van der Waals surface area (Å²) < 4.78 is 10.9. The van der Waals surface area contributed by atoms with Gasteiger partial charge in [0.15, 0.2) is 0 Å². The fraction of sp³-hybridized carbons (Fsp3) is 1.00. The van der Waals surface area contributed by atoms with Crippen LogP contribution in [0.3, 0.4) is 0 Å². The number of hydrogen-bond donors (Lipinski definition) is 1. The van der Waals surface area contributed by atoms with E-state index in [4.69, 9.17) is 9.47 Å². The second-order valence-electron chi connectivity index (χ2n) is 3.71. The topological polar surface area (TPSA) is 38.7 Å². The summed E-state index contributed by atoms with van der Waals surface area (Å²) >= 11 is 0. The lowest BCUT2D eigenvalue weighted by Gasteiger charge is -2.29. The Morgan fingerprint density at radius 2 is 2.08 bits per heavy atom. The van der Waals surface area contributed by atoms with Gasteiger partial charge in [-0.3, -0.25) is 0 Å². The van der Waals surface area contributed by atoms with Crippen molar-refractivity contribution < 1.29 is 14.6 Å². The van der Waals surface area contributed by atoms with Crippen LogP contribution in [0.5, 0.6) is 0 Å². The summed E-state index contributed by atoms with van der Waals surface area (Å²) in [6, 6.07) is 0. The van der Waals surface area contributed by atoms with Gasteiger partial charge in [0.2, 0.25) is 0 Å². The van der Waals surface area contributed by atoms with Gasteiger partial charge in [0.1, 0.15) is 0 Å². The average Bonchev–Trinajstić information content (AvgIpc) is 2.56. The summed E-state index contributed by atoms with van der Waals surface area (Å²) in [5.74, 6) is 0.528. The maximum atomic E-state index is 9.42. The van der Waals surface area contributed by atoms with Gasteiger partial charge in [-0.15, -0.1) is 0 Å². The van der Waals surface area contributed by atoms with Gasteiger partial charge in [-0.2, -0.15) is 0 Å². The molecule has 0 amide bonds. The molecule has 3 heteroatoms. The summed E-state index contributed by atoms with van der Waals surface area (Å²) in [4.78, 5) is 0. The number of ether oxygens (including phenoxy) is 2. The van der Waals surface area contributed by atoms with Crippen molar-refractivity contribution in [3.05, 3.63) is 0 Å². The lowest BCUT2D eigenvalue weighted by atomic mass is 9.94. The third kappa shape index (κ3) is 1.79. The molecule has 3 atom stereocenters. The maximum absolute atomic E-state index is 9.42. The largest absolute Gasteiger partial charge is 0.393 e. The highest BCUT2D eigenvalue weighted by molar-refractivity contribution is 4.79. The molecule has 3 nitrogen and oxygen atoms in total. The highest BCUT2D eigenvalue weighted by Crippen LogP contribution is 2.26. The number of aliphatic hydroxyl groups is 1. The third-order valence-electron chi connectivity index (χ3n) is 2.78. The van der Waals surface area contributed by atoms with E-state index in [0.717, 1.165) is 32.5 Å². The van der Waals surface area contributed by atoms with E-state index in [-0.39, 0.29) is 12.2 Å². The fourth-order valence-electron chi connectivity index (χ4n) is 1.98. The van der Waals surface area contributed by atoms with Crippen molar-refractivity contribution in [2.45, 2.75) is 31.5 Å². The Labute approximate surface area is 72.7 Å². The Morgan fingerprint density at radius 1 is 1.17 bits per heavy atom. The Kier molecular flexibility index (Phi) is 2.63. The molecule has 0 aromatic rings. The fourth-order valence-corrected chi connectivity index (χ4v) is 1.98. The molecular formula is C9H16O3. The van der Waals surface area contributed by atoms with Crippen molar-refractivity contribution in [3.63, 3.8) is 0 Å². The quantitative estimate of drug-likeness (QED) is 0.628. The predicted molar refractivity (Wildman–Crippen MR) is 43.9 cm³/mol. The van der Waals surface area contributed by atoms with Crippen LogP contribution in [0, 0.1) is 5.92 Å². The SMILES string of the molecule is O[C@@H]1CCO[C@H]([C@H]2CCOC2)C1. The van der Waals surface area contributed by atoms with E-state index < -0.39 is 0 Å². The van der Waals surface area contributed by atoms with Gasteiger partial charge in [-0.1, -0.05) is 0 Å². The second kappa shape index (κ2) is 3.73. The molecule has 0 unspecified atom stereocenters. The van der Waals surface area contributed by atoms with Gasteiger partial charge < -0.3 is 14.6 Å². The molecule has 70 valence electrons. The van der Waals surface area contributed by atoms with E-state index >= 15 is 0 Å². The Bertz CT molecular complexity index is 143. The van der Waals surface area contributed by atoms with E-state index in [2.05, 4.69) is 0 Å². The van der Waals surface area contributed by atoms with Crippen LogP contribution in [0.15, 0.2) is 0 Å². The number of rotatable bonds is 1. The summed E-state index contributed by atoms with van der Waals surface area (Å²) in [5.41, 5.74) is 0. The van der Waals surface area contributed by atoms with Gasteiger partial charge in [-0.05, 0) is 19.3 Å². The van der Waals surface area contributed by atoms with Crippen molar-refractivity contribution in [1.29, 1.82) is 0 Å². The highest BCUT2D eigenvalue weighted by atomic mass is 16.5. The first-order chi connectivity index (χ1) is 5.86. The van der Waals surface area contributed by atoms with Crippen LogP contribution in [0.2, 0.25) is 0 Å². The van der Waals surface area contributed by atoms with E-state index in [0.29, 0.717) is 12.5 Å². The molecule has 0 aliphatic carbocycles. The molecule has 0 spiro atoms. The van der Waals surface area contributed by atoms with E-state index in [1.807, 2.05) is 0 Å². The van der Waals surface area contributed by atoms with Gasteiger partial charge in [-0.25, -0.2) is 0 Å². The summed E-state index contributed by atoms with van der Waals surface area (Å²) in [7, 11) is 0. The molecule has 0 saturated carbocycles. The van der Waals surface area contributed by atoms with Crippen molar-refractivity contribution in [1.82, 2.24) is 0 Å². The molecule has 2 heterocycles. The standard InChI is InChI=1S/C9H16O3/c10-8-2-4-12-9(5-8)7-1-3-11-6-7/h7-10H,1-6H2/t7-,8+,9-/m0/s1. The van der Waals surface area contributed by atoms with E-state index in [1.165, 1.54) is 0 Å². The predicted octanol–water partition coefficient (Wildman–Crippen LogP) is 0.563. The van der Waals surface area contributed by atoms with Crippen LogP contribution in [0.25, 0.3) is 0 Å². The highest BCUT2D eigenvalue weighted by Gasteiger charge is 2.30. The lowest BCUT2D eigenvalue weighted by molar-refractivity contribution is -0.0696. The molecule has 2 fully saturated rings. The molecule has 2 aliphatic rings. The van der Waals surface area contributed by atoms with Gasteiger partial charge in [0.25, 0.3) is 0 Å². The number of aliphatic hydroxyl groups excluding tert-OH is 1. The molecule has 0 aromatic heterocycles. The van der Waals surface area contributed by atoms with Gasteiger partial charge in [0, 0.05) is 19.1 Å². The van der Waals surface area contributed by atoms with Crippen molar-refractivity contribution in [2.24, 2.45) is 5.92 Å². The van der Waals surface area contributed by atoms with Crippen LogP contribution in [0.4, 0.5) is 0 Å². The first-order valence-electron chi connectivity index (χ1n) is 4.73. The van der Waals surface area contributed by atoms with Crippen LogP contribution < -0.4 is 0 Å². The molecule has 2 aliphatic heterocycles. The molecule has 2 saturated heterocycles. The zero-order valence-corrected chi connectivity index (χ0v) is 7.24. The average molecular weight is 172 g/mol. The van der Waals surface area contributed by atoms with Crippen LogP contribution in [-0.2, 0) is 9.47 Å². The molecule has 0 bridgehead atoms. The first-order valence-corrected chi connectivity index (χ1v) is 4.73. The smallest absolute Gasteiger partial charge is 0.0650 e. The first kappa shape index (κ1) is 8.48. The summed E-state index contributed by atoms with van der Waals surface area (Å²) in [6.07, 6.45) is 2.79. The Balaban J connectivity index is 1.85.